The molecule has 2 fully saturated rings. The number of rotatable bonds is 4. The number of ether oxygens (including phenoxy) is 1. The number of urea groups is 1. The number of amides is 2. The van der Waals surface area contributed by atoms with Gasteiger partial charge in [-0.2, -0.15) is 0 Å². The highest BCUT2D eigenvalue weighted by atomic mass is 32.2. The van der Waals surface area contributed by atoms with E-state index in [9.17, 15) is 13.2 Å². The minimum Gasteiger partial charge on any atom is -0.497 e. The Morgan fingerprint density at radius 3 is 2.56 bits per heavy atom. The van der Waals surface area contributed by atoms with Crippen LogP contribution >= 0.6 is 0 Å². The van der Waals surface area contributed by atoms with Gasteiger partial charge in [-0.15, -0.1) is 0 Å². The summed E-state index contributed by atoms with van der Waals surface area (Å²) in [5.41, 5.74) is 1.23. The van der Waals surface area contributed by atoms with Gasteiger partial charge in [-0.05, 0) is 30.5 Å². The average molecular weight is 396 g/mol. The topological polar surface area (TPSA) is 70.2 Å². The quantitative estimate of drug-likeness (QED) is 0.772. The molecular formula is C19H29N3O4S. The molecule has 1 aromatic rings. The Morgan fingerprint density at radius 1 is 1.19 bits per heavy atom. The monoisotopic (exact) mass is 395 g/mol. The first-order valence-corrected chi connectivity index (χ1v) is 11.3. The van der Waals surface area contributed by atoms with Gasteiger partial charge in [0.15, 0.2) is 9.84 Å². The summed E-state index contributed by atoms with van der Waals surface area (Å²) in [6, 6.07) is 7.83. The molecule has 0 spiro atoms. The van der Waals surface area contributed by atoms with Crippen molar-refractivity contribution < 1.29 is 17.9 Å². The van der Waals surface area contributed by atoms with E-state index in [1.807, 2.05) is 17.0 Å². The predicted octanol–water partition coefficient (Wildman–Crippen LogP) is 1.44. The van der Waals surface area contributed by atoms with Gasteiger partial charge in [-0.3, -0.25) is 4.90 Å². The summed E-state index contributed by atoms with van der Waals surface area (Å²) < 4.78 is 28.6. The minimum atomic E-state index is -2.99. The molecule has 3 rings (SSSR count). The molecule has 8 heteroatoms. The van der Waals surface area contributed by atoms with Crippen LogP contribution in [0.1, 0.15) is 18.4 Å². The van der Waals surface area contributed by atoms with E-state index in [2.05, 4.69) is 17.0 Å². The fourth-order valence-electron chi connectivity index (χ4n) is 3.77. The van der Waals surface area contributed by atoms with Gasteiger partial charge in [-0.1, -0.05) is 12.1 Å². The maximum absolute atomic E-state index is 12.8. The van der Waals surface area contributed by atoms with Crippen LogP contribution in [0.3, 0.4) is 0 Å². The Hall–Kier alpha value is -1.80. The number of carbonyl (C=O) groups is 1. The Labute approximate surface area is 161 Å². The number of sulfone groups is 1. The number of methoxy groups -OCH3 is 1. The summed E-state index contributed by atoms with van der Waals surface area (Å²) in [4.78, 5) is 18.7. The van der Waals surface area contributed by atoms with Crippen LogP contribution in [-0.4, -0.2) is 87.0 Å². The maximum Gasteiger partial charge on any atom is 0.320 e. The van der Waals surface area contributed by atoms with Gasteiger partial charge >= 0.3 is 6.03 Å². The largest absolute Gasteiger partial charge is 0.497 e. The summed E-state index contributed by atoms with van der Waals surface area (Å²) in [7, 11) is 0.400. The molecule has 27 heavy (non-hydrogen) atoms. The number of nitrogens with zero attached hydrogens (tertiary/aromatic N) is 3. The first-order valence-electron chi connectivity index (χ1n) is 9.45. The molecule has 0 radical (unpaired) electrons. The molecule has 0 bridgehead atoms. The molecule has 0 N–H and O–H groups in total. The van der Waals surface area contributed by atoms with Gasteiger partial charge < -0.3 is 14.5 Å². The predicted molar refractivity (Wildman–Crippen MR) is 105 cm³/mol. The molecule has 2 saturated heterocycles. The molecule has 7 nitrogen and oxygen atoms in total. The van der Waals surface area contributed by atoms with E-state index in [0.29, 0.717) is 19.5 Å². The number of carbonyl (C=O) groups excluding carboxylic acids is 1. The molecule has 1 atom stereocenters. The highest BCUT2D eigenvalue weighted by Crippen LogP contribution is 2.19. The van der Waals surface area contributed by atoms with Crippen LogP contribution in [0.5, 0.6) is 5.75 Å². The van der Waals surface area contributed by atoms with Crippen molar-refractivity contribution in [3.8, 4) is 5.75 Å². The van der Waals surface area contributed by atoms with Crippen molar-refractivity contribution in [3.05, 3.63) is 29.8 Å². The molecule has 0 saturated carbocycles. The van der Waals surface area contributed by atoms with Crippen LogP contribution in [-0.2, 0) is 16.4 Å². The van der Waals surface area contributed by atoms with E-state index in [-0.39, 0.29) is 23.6 Å². The van der Waals surface area contributed by atoms with E-state index in [4.69, 9.17) is 4.74 Å². The second kappa shape index (κ2) is 8.48. The first kappa shape index (κ1) is 19.9. The second-order valence-electron chi connectivity index (χ2n) is 7.42. The zero-order chi connectivity index (χ0) is 19.4. The SMILES string of the molecule is COc1ccc(CN2CCCN(C(=O)N(C)C3CCS(=O)(=O)C3)CC2)cc1. The number of benzene rings is 1. The van der Waals surface area contributed by atoms with Crippen molar-refractivity contribution in [2.75, 3.05) is 51.8 Å². The van der Waals surface area contributed by atoms with Gasteiger partial charge in [0.1, 0.15) is 5.75 Å². The zero-order valence-corrected chi connectivity index (χ0v) is 17.0. The lowest BCUT2D eigenvalue weighted by atomic mass is 10.2. The Bertz CT molecular complexity index is 751. The lowest BCUT2D eigenvalue weighted by Gasteiger charge is -2.30. The Morgan fingerprint density at radius 2 is 1.93 bits per heavy atom. The lowest BCUT2D eigenvalue weighted by Crippen LogP contribution is -2.47. The molecule has 2 heterocycles. The van der Waals surface area contributed by atoms with E-state index in [0.717, 1.165) is 31.8 Å². The molecule has 1 unspecified atom stereocenters. The lowest BCUT2D eigenvalue weighted by molar-refractivity contribution is 0.151. The average Bonchev–Trinajstić information content (AvgIpc) is 2.87. The molecule has 0 aliphatic carbocycles. The van der Waals surface area contributed by atoms with Crippen molar-refractivity contribution >= 4 is 15.9 Å². The van der Waals surface area contributed by atoms with Gasteiger partial charge in [0, 0.05) is 45.8 Å². The summed E-state index contributed by atoms with van der Waals surface area (Å²) in [5, 5.41) is 0. The molecule has 2 aliphatic heterocycles. The Kier molecular flexibility index (Phi) is 6.26. The number of hydrogen-bond donors (Lipinski definition) is 0. The Balaban J connectivity index is 1.53. The highest BCUT2D eigenvalue weighted by Gasteiger charge is 2.34. The molecule has 150 valence electrons. The van der Waals surface area contributed by atoms with E-state index in [1.165, 1.54) is 5.56 Å². The van der Waals surface area contributed by atoms with Crippen LogP contribution in [0.4, 0.5) is 4.79 Å². The molecule has 1 aromatic carbocycles. The second-order valence-corrected chi connectivity index (χ2v) is 9.64. The maximum atomic E-state index is 12.8. The number of hydrogen-bond acceptors (Lipinski definition) is 5. The van der Waals surface area contributed by atoms with Crippen LogP contribution in [0.25, 0.3) is 0 Å². The smallest absolute Gasteiger partial charge is 0.320 e. The first-order chi connectivity index (χ1) is 12.9. The van der Waals surface area contributed by atoms with E-state index < -0.39 is 9.84 Å². The van der Waals surface area contributed by atoms with E-state index >= 15 is 0 Å². The third-order valence-corrected chi connectivity index (χ3v) is 7.23. The van der Waals surface area contributed by atoms with Gasteiger partial charge in [0.05, 0.1) is 18.6 Å². The third kappa shape index (κ3) is 5.13. The van der Waals surface area contributed by atoms with Crippen molar-refractivity contribution in [3.63, 3.8) is 0 Å². The normalized spacial score (nSPS) is 23.0. The van der Waals surface area contributed by atoms with Crippen molar-refractivity contribution in [1.82, 2.24) is 14.7 Å². The molecule has 2 aliphatic rings. The summed E-state index contributed by atoms with van der Waals surface area (Å²) >= 11 is 0. The minimum absolute atomic E-state index is 0.0524. The summed E-state index contributed by atoms with van der Waals surface area (Å²) in [5.74, 6) is 1.13. The molecule has 0 aromatic heterocycles. The van der Waals surface area contributed by atoms with Crippen LogP contribution in [0.15, 0.2) is 24.3 Å². The summed E-state index contributed by atoms with van der Waals surface area (Å²) in [6.45, 7) is 3.98. The van der Waals surface area contributed by atoms with E-state index in [1.54, 1.807) is 19.1 Å². The van der Waals surface area contributed by atoms with Crippen molar-refractivity contribution in [2.45, 2.75) is 25.4 Å². The van der Waals surface area contributed by atoms with Gasteiger partial charge in [0.2, 0.25) is 0 Å². The van der Waals surface area contributed by atoms with Crippen LogP contribution < -0.4 is 4.74 Å². The van der Waals surface area contributed by atoms with Crippen molar-refractivity contribution in [1.29, 1.82) is 0 Å². The van der Waals surface area contributed by atoms with Crippen LogP contribution in [0, 0.1) is 0 Å². The zero-order valence-electron chi connectivity index (χ0n) is 16.1. The third-order valence-electron chi connectivity index (χ3n) is 5.48. The van der Waals surface area contributed by atoms with Gasteiger partial charge in [0.25, 0.3) is 0 Å². The van der Waals surface area contributed by atoms with Gasteiger partial charge in [-0.25, -0.2) is 13.2 Å². The highest BCUT2D eigenvalue weighted by molar-refractivity contribution is 7.91. The van der Waals surface area contributed by atoms with Crippen molar-refractivity contribution in [2.24, 2.45) is 0 Å². The molecule has 2 amide bonds. The molecular weight excluding hydrogens is 366 g/mol. The fraction of sp³-hybridized carbons (Fsp3) is 0.632. The summed E-state index contributed by atoms with van der Waals surface area (Å²) in [6.07, 6.45) is 1.46. The standard InChI is InChI=1S/C19H29N3O4S/c1-20(17-8-13-27(24,25)15-17)19(23)22-10-3-9-21(11-12-22)14-16-4-6-18(26-2)7-5-16/h4-7,17H,3,8-15H2,1-2H3. The van der Waals surface area contributed by atoms with Crippen LogP contribution in [0.2, 0.25) is 0 Å². The fourth-order valence-corrected chi connectivity index (χ4v) is 5.54.